The predicted octanol–water partition coefficient (Wildman–Crippen LogP) is 3.06. The molecule has 11 heteroatoms. The van der Waals surface area contributed by atoms with Crippen LogP contribution in [0.1, 0.15) is 21.7 Å². The van der Waals surface area contributed by atoms with Crippen molar-refractivity contribution in [2.45, 2.75) is 19.5 Å². The van der Waals surface area contributed by atoms with Crippen molar-refractivity contribution in [3.05, 3.63) is 66.3 Å². The first kappa shape index (κ1) is 22.5. The molecular formula is C23H25F3N6O2. The van der Waals surface area contributed by atoms with Gasteiger partial charge in [-0.15, -0.1) is 13.2 Å². The summed E-state index contributed by atoms with van der Waals surface area (Å²) >= 11 is 0. The molecule has 1 N–H and O–H groups in total. The van der Waals surface area contributed by atoms with E-state index in [1.807, 2.05) is 6.20 Å². The normalized spacial score (nSPS) is 21.9. The van der Waals surface area contributed by atoms with Crippen LogP contribution >= 0.6 is 0 Å². The number of benzene rings is 1. The number of hydrogen-bond acceptors (Lipinski definition) is 5. The molecule has 2 fully saturated rings. The maximum absolute atomic E-state index is 13.3. The van der Waals surface area contributed by atoms with Gasteiger partial charge in [0, 0.05) is 57.9 Å². The number of rotatable bonds is 8. The van der Waals surface area contributed by atoms with Crippen LogP contribution < -0.4 is 4.74 Å². The van der Waals surface area contributed by atoms with Crippen molar-refractivity contribution in [1.82, 2.24) is 29.3 Å². The highest BCUT2D eigenvalue weighted by atomic mass is 19.4. The molecule has 0 spiro atoms. The smallest absolute Gasteiger partial charge is 0.406 e. The van der Waals surface area contributed by atoms with Gasteiger partial charge >= 0.3 is 6.36 Å². The number of aromatic nitrogens is 4. The fraction of sp³-hybridized carbons (Fsp3) is 0.435. The van der Waals surface area contributed by atoms with Crippen LogP contribution in [0.15, 0.2) is 49.3 Å². The van der Waals surface area contributed by atoms with Gasteiger partial charge in [0.05, 0.1) is 12.7 Å². The van der Waals surface area contributed by atoms with Crippen molar-refractivity contribution in [2.24, 2.45) is 24.8 Å². The Labute approximate surface area is 194 Å². The lowest BCUT2D eigenvalue weighted by molar-refractivity contribution is -0.274. The Balaban J connectivity index is 1.27. The Hall–Kier alpha value is -3.34. The summed E-state index contributed by atoms with van der Waals surface area (Å²) in [6.45, 7) is 3.44. The fourth-order valence-electron chi connectivity index (χ4n) is 4.97. The van der Waals surface area contributed by atoms with Gasteiger partial charge in [-0.25, -0.2) is 9.97 Å². The number of fused-ring (bicyclic) bond motifs is 1. The van der Waals surface area contributed by atoms with Crippen LogP contribution in [0.25, 0.3) is 0 Å². The van der Waals surface area contributed by atoms with Gasteiger partial charge in [-0.2, -0.15) is 0 Å². The van der Waals surface area contributed by atoms with Gasteiger partial charge in [0.2, 0.25) is 0 Å². The zero-order chi connectivity index (χ0) is 23.9. The third-order valence-corrected chi connectivity index (χ3v) is 6.54. The molecule has 2 atom stereocenters. The standard InChI is InChI=1S/C23H25F3N6O2/c1-30-12-21(29-14-30)22(33)32(7-15-3-2-4-17(5-15)34-23(24,25)26)11-20-18-9-31(10-19(18)20)8-16-6-27-13-28-16/h2-6,12-14,18-20H,7-11H2,1H3,(H,27,28). The van der Waals surface area contributed by atoms with Gasteiger partial charge in [0.1, 0.15) is 11.4 Å². The van der Waals surface area contributed by atoms with Crippen LogP contribution in [0.3, 0.4) is 0 Å². The number of carbonyl (C=O) groups excluding carboxylic acids is 1. The summed E-state index contributed by atoms with van der Waals surface area (Å²) < 4.78 is 43.7. The molecule has 180 valence electrons. The highest BCUT2D eigenvalue weighted by Crippen LogP contribution is 2.52. The molecule has 8 nitrogen and oxygen atoms in total. The number of amides is 1. The highest BCUT2D eigenvalue weighted by Gasteiger charge is 2.56. The van der Waals surface area contributed by atoms with Crippen molar-refractivity contribution < 1.29 is 22.7 Å². The van der Waals surface area contributed by atoms with Crippen LogP contribution in [0.4, 0.5) is 13.2 Å². The number of hydrogen-bond donors (Lipinski definition) is 1. The summed E-state index contributed by atoms with van der Waals surface area (Å²) in [5, 5.41) is 0. The first-order valence-electron chi connectivity index (χ1n) is 11.1. The SMILES string of the molecule is Cn1cnc(C(=O)N(Cc2cccc(OC(F)(F)F)c2)CC2C3CN(Cc4cnc[nH]4)CC32)c1. The highest BCUT2D eigenvalue weighted by molar-refractivity contribution is 5.92. The predicted molar refractivity (Wildman–Crippen MR) is 115 cm³/mol. The minimum Gasteiger partial charge on any atom is -0.406 e. The maximum Gasteiger partial charge on any atom is 0.573 e. The van der Waals surface area contributed by atoms with Gasteiger partial charge in [-0.05, 0) is 35.4 Å². The van der Waals surface area contributed by atoms with Gasteiger partial charge in [-0.3, -0.25) is 9.69 Å². The van der Waals surface area contributed by atoms with Gasteiger partial charge < -0.3 is 19.2 Å². The Morgan fingerprint density at radius 2 is 2.09 bits per heavy atom. The number of ether oxygens (including phenoxy) is 1. The minimum absolute atomic E-state index is 0.179. The Morgan fingerprint density at radius 1 is 1.29 bits per heavy atom. The number of aryl methyl sites for hydroxylation is 1. The Bertz CT molecular complexity index is 1130. The van der Waals surface area contributed by atoms with Crippen molar-refractivity contribution in [2.75, 3.05) is 19.6 Å². The van der Waals surface area contributed by atoms with E-state index in [9.17, 15) is 18.0 Å². The molecule has 34 heavy (non-hydrogen) atoms. The molecule has 1 saturated carbocycles. The van der Waals surface area contributed by atoms with E-state index in [2.05, 4.69) is 24.6 Å². The quantitative estimate of drug-likeness (QED) is 0.543. The van der Waals surface area contributed by atoms with E-state index in [-0.39, 0.29) is 18.2 Å². The molecule has 1 aromatic carbocycles. The summed E-state index contributed by atoms with van der Waals surface area (Å²) in [5.41, 5.74) is 1.96. The molecule has 2 unspecified atom stereocenters. The lowest BCUT2D eigenvalue weighted by Crippen LogP contribution is -2.35. The van der Waals surface area contributed by atoms with Crippen molar-refractivity contribution >= 4 is 5.91 Å². The third-order valence-electron chi connectivity index (χ3n) is 6.54. The number of H-pyrrole nitrogens is 1. The molecule has 1 aliphatic carbocycles. The van der Waals surface area contributed by atoms with Crippen LogP contribution in [-0.4, -0.2) is 61.2 Å². The van der Waals surface area contributed by atoms with E-state index in [1.54, 1.807) is 41.4 Å². The second-order valence-corrected chi connectivity index (χ2v) is 9.07. The van der Waals surface area contributed by atoms with Crippen molar-refractivity contribution in [3.63, 3.8) is 0 Å². The Kier molecular flexibility index (Phi) is 5.80. The minimum atomic E-state index is -4.77. The van der Waals surface area contributed by atoms with Gasteiger partial charge in [0.25, 0.3) is 5.91 Å². The Morgan fingerprint density at radius 3 is 2.74 bits per heavy atom. The van der Waals surface area contributed by atoms with E-state index in [0.29, 0.717) is 35.6 Å². The zero-order valence-corrected chi connectivity index (χ0v) is 18.6. The van der Waals surface area contributed by atoms with E-state index >= 15 is 0 Å². The second-order valence-electron chi connectivity index (χ2n) is 9.07. The van der Waals surface area contributed by atoms with Crippen LogP contribution in [0.5, 0.6) is 5.75 Å². The number of nitrogens with zero attached hydrogens (tertiary/aromatic N) is 5. The molecular weight excluding hydrogens is 449 g/mol. The van der Waals surface area contributed by atoms with Crippen molar-refractivity contribution in [1.29, 1.82) is 0 Å². The summed E-state index contributed by atoms with van der Waals surface area (Å²) in [6, 6.07) is 5.77. The molecule has 1 saturated heterocycles. The number of likely N-dealkylation sites (tertiary alicyclic amines) is 1. The topological polar surface area (TPSA) is 79.3 Å². The molecule has 5 rings (SSSR count). The van der Waals surface area contributed by atoms with E-state index < -0.39 is 6.36 Å². The fourth-order valence-corrected chi connectivity index (χ4v) is 4.97. The average Bonchev–Trinajstić information content (AvgIpc) is 3.27. The first-order chi connectivity index (χ1) is 16.2. The van der Waals surface area contributed by atoms with Crippen molar-refractivity contribution in [3.8, 4) is 5.75 Å². The third kappa shape index (κ3) is 5.09. The molecule has 1 amide bonds. The first-order valence-corrected chi connectivity index (χ1v) is 11.1. The number of alkyl halides is 3. The van der Waals surface area contributed by atoms with Gasteiger partial charge in [-0.1, -0.05) is 12.1 Å². The van der Waals surface area contributed by atoms with Crippen LogP contribution in [0.2, 0.25) is 0 Å². The lowest BCUT2D eigenvalue weighted by Gasteiger charge is -2.25. The summed E-state index contributed by atoms with van der Waals surface area (Å²) in [4.78, 5) is 28.7. The molecule has 1 aliphatic heterocycles. The summed E-state index contributed by atoms with van der Waals surface area (Å²) in [6.07, 6.45) is 1.94. The van der Waals surface area contributed by atoms with Crippen LogP contribution in [0, 0.1) is 17.8 Å². The number of imidazole rings is 2. The molecule has 2 aromatic heterocycles. The molecule has 0 bridgehead atoms. The second kappa shape index (κ2) is 8.79. The lowest BCUT2D eigenvalue weighted by atomic mass is 10.1. The van der Waals surface area contributed by atoms with E-state index in [4.69, 9.17) is 0 Å². The number of aromatic amines is 1. The number of halogens is 3. The monoisotopic (exact) mass is 474 g/mol. The molecule has 3 aromatic rings. The van der Waals surface area contributed by atoms with Gasteiger partial charge in [0.15, 0.2) is 0 Å². The average molecular weight is 474 g/mol. The zero-order valence-electron chi connectivity index (χ0n) is 18.6. The molecule has 2 aliphatic rings. The summed E-state index contributed by atoms with van der Waals surface area (Å²) in [5.74, 6) is 0.832. The molecule has 3 heterocycles. The van der Waals surface area contributed by atoms with E-state index in [0.717, 1.165) is 25.3 Å². The number of piperidine rings is 1. The van der Waals surface area contributed by atoms with Crippen LogP contribution in [-0.2, 0) is 20.1 Å². The molecule has 0 radical (unpaired) electrons. The summed E-state index contributed by atoms with van der Waals surface area (Å²) in [7, 11) is 1.78. The number of carbonyl (C=O) groups is 1. The number of nitrogens with one attached hydrogen (secondary N) is 1. The largest absolute Gasteiger partial charge is 0.573 e. The maximum atomic E-state index is 13.3. The van der Waals surface area contributed by atoms with E-state index in [1.165, 1.54) is 18.2 Å².